The van der Waals surface area contributed by atoms with Crippen LogP contribution in [0.2, 0.25) is 0 Å². The van der Waals surface area contributed by atoms with Crippen molar-refractivity contribution in [1.29, 1.82) is 0 Å². The van der Waals surface area contributed by atoms with Crippen molar-refractivity contribution < 1.29 is 4.79 Å². The van der Waals surface area contributed by atoms with Crippen molar-refractivity contribution in [3.05, 3.63) is 48.0 Å². The van der Waals surface area contributed by atoms with Crippen LogP contribution in [0.25, 0.3) is 0 Å². The van der Waals surface area contributed by atoms with Gasteiger partial charge in [0.25, 0.3) is 0 Å². The Balaban J connectivity index is 2.69. The Morgan fingerprint density at radius 1 is 1.31 bits per heavy atom. The minimum absolute atomic E-state index is 0.0998. The number of rotatable bonds is 3. The van der Waals surface area contributed by atoms with E-state index in [-0.39, 0.29) is 5.78 Å². The Kier molecular flexibility index (Phi) is 3.44. The largest absolute Gasteiger partial charge is 0.295 e. The van der Waals surface area contributed by atoms with Crippen molar-refractivity contribution in [2.24, 2.45) is 0 Å². The number of ketones is 1. The van der Waals surface area contributed by atoms with E-state index in [0.29, 0.717) is 5.92 Å². The van der Waals surface area contributed by atoms with Gasteiger partial charge in [-0.25, -0.2) is 0 Å². The van der Waals surface area contributed by atoms with Gasteiger partial charge in [-0.15, -0.1) is 0 Å². The van der Waals surface area contributed by atoms with Crippen LogP contribution >= 0.6 is 0 Å². The van der Waals surface area contributed by atoms with Gasteiger partial charge in [-0.05, 0) is 24.5 Å². The highest BCUT2D eigenvalue weighted by Crippen LogP contribution is 2.15. The third-order valence-electron chi connectivity index (χ3n) is 1.94. The number of allylic oxidation sites excluding steroid dienone is 2. The van der Waals surface area contributed by atoms with Crippen LogP contribution in [0.1, 0.15) is 25.3 Å². The zero-order valence-corrected chi connectivity index (χ0v) is 8.03. The van der Waals surface area contributed by atoms with Crippen molar-refractivity contribution in [3.63, 3.8) is 0 Å². The highest BCUT2D eigenvalue weighted by molar-refractivity contribution is 5.87. The zero-order chi connectivity index (χ0) is 9.68. The first-order valence-corrected chi connectivity index (χ1v) is 4.44. The van der Waals surface area contributed by atoms with Gasteiger partial charge >= 0.3 is 0 Å². The molecule has 0 N–H and O–H groups in total. The maximum absolute atomic E-state index is 10.7. The summed E-state index contributed by atoms with van der Waals surface area (Å²) in [6.45, 7) is 3.64. The summed E-state index contributed by atoms with van der Waals surface area (Å²) in [6, 6.07) is 10.1. The summed E-state index contributed by atoms with van der Waals surface area (Å²) < 4.78 is 0. The molecule has 0 spiro atoms. The highest BCUT2D eigenvalue weighted by atomic mass is 16.1. The third-order valence-corrected chi connectivity index (χ3v) is 1.94. The summed E-state index contributed by atoms with van der Waals surface area (Å²) in [5.74, 6) is 0.410. The summed E-state index contributed by atoms with van der Waals surface area (Å²) in [5, 5.41) is 0. The molecule has 1 nitrogen and oxygen atoms in total. The predicted octanol–water partition coefficient (Wildman–Crippen LogP) is 2.94. The van der Waals surface area contributed by atoms with Crippen LogP contribution in [0.5, 0.6) is 0 Å². The van der Waals surface area contributed by atoms with Crippen LogP contribution in [0.4, 0.5) is 0 Å². The van der Waals surface area contributed by atoms with Gasteiger partial charge in [-0.3, -0.25) is 4.79 Å². The number of hydrogen-bond acceptors (Lipinski definition) is 1. The van der Waals surface area contributed by atoms with E-state index in [4.69, 9.17) is 0 Å². The molecule has 0 heterocycles. The number of carbonyl (C=O) groups excluding carboxylic acids is 1. The molecule has 1 rings (SSSR count). The molecule has 1 aromatic carbocycles. The average molecular weight is 174 g/mol. The van der Waals surface area contributed by atoms with Gasteiger partial charge in [0.1, 0.15) is 0 Å². The number of benzene rings is 1. The first kappa shape index (κ1) is 9.72. The van der Waals surface area contributed by atoms with Crippen molar-refractivity contribution in [1.82, 2.24) is 0 Å². The molecule has 0 aliphatic carbocycles. The van der Waals surface area contributed by atoms with Gasteiger partial charge in [0, 0.05) is 0 Å². The second-order valence-electron chi connectivity index (χ2n) is 3.17. The van der Waals surface area contributed by atoms with Gasteiger partial charge in [0.15, 0.2) is 5.78 Å². The van der Waals surface area contributed by atoms with E-state index >= 15 is 0 Å². The second kappa shape index (κ2) is 4.61. The molecule has 68 valence electrons. The first-order chi connectivity index (χ1) is 6.20. The summed E-state index contributed by atoms with van der Waals surface area (Å²) in [5.41, 5.74) is 1.24. The summed E-state index contributed by atoms with van der Waals surface area (Å²) in [7, 11) is 0. The smallest absolute Gasteiger partial charge is 0.152 e. The summed E-state index contributed by atoms with van der Waals surface area (Å²) >= 11 is 0. The Bertz CT molecular complexity index is 298. The van der Waals surface area contributed by atoms with Gasteiger partial charge < -0.3 is 0 Å². The lowest BCUT2D eigenvalue weighted by molar-refractivity contribution is -0.112. The molecule has 1 aromatic rings. The lowest BCUT2D eigenvalue weighted by Gasteiger charge is -2.04. The van der Waals surface area contributed by atoms with Gasteiger partial charge in [-0.2, -0.15) is 0 Å². The van der Waals surface area contributed by atoms with E-state index < -0.39 is 0 Å². The number of hydrogen-bond donors (Lipinski definition) is 0. The molecule has 0 saturated carbocycles. The third kappa shape index (κ3) is 3.24. The molecule has 0 aliphatic heterocycles. The Morgan fingerprint density at radius 3 is 2.46 bits per heavy atom. The lowest BCUT2D eigenvalue weighted by atomic mass is 10.0. The molecule has 0 aliphatic rings. The molecule has 0 fully saturated rings. The molecular weight excluding hydrogens is 160 g/mol. The standard InChI is InChI=1S/C12H14O/c1-10(8-9-11(2)13)12-6-4-3-5-7-12/h3-10H,1-2H3. The quantitative estimate of drug-likeness (QED) is 0.644. The molecule has 0 bridgehead atoms. The lowest BCUT2D eigenvalue weighted by Crippen LogP contribution is -1.89. The molecule has 1 heteroatoms. The highest BCUT2D eigenvalue weighted by Gasteiger charge is 1.98. The van der Waals surface area contributed by atoms with Crippen LogP contribution in [0.15, 0.2) is 42.5 Å². The summed E-state index contributed by atoms with van der Waals surface area (Å²) in [4.78, 5) is 10.7. The average Bonchev–Trinajstić information content (AvgIpc) is 2.15. The van der Waals surface area contributed by atoms with E-state index in [9.17, 15) is 4.79 Å². The zero-order valence-electron chi connectivity index (χ0n) is 8.03. The maximum Gasteiger partial charge on any atom is 0.152 e. The van der Waals surface area contributed by atoms with Crippen LogP contribution in [0, 0.1) is 0 Å². The fraction of sp³-hybridized carbons (Fsp3) is 0.250. The van der Waals surface area contributed by atoms with Crippen molar-refractivity contribution >= 4 is 5.78 Å². The second-order valence-corrected chi connectivity index (χ2v) is 3.17. The number of carbonyl (C=O) groups is 1. The summed E-state index contributed by atoms with van der Waals surface area (Å²) in [6.07, 6.45) is 3.55. The minimum atomic E-state index is 0.0998. The van der Waals surface area contributed by atoms with Crippen molar-refractivity contribution in [3.8, 4) is 0 Å². The molecular formula is C12H14O. The van der Waals surface area contributed by atoms with Gasteiger partial charge in [0.2, 0.25) is 0 Å². The maximum atomic E-state index is 10.7. The SMILES string of the molecule is CC(=O)C=CC(C)c1ccccc1. The van der Waals surface area contributed by atoms with E-state index in [1.54, 1.807) is 13.0 Å². The van der Waals surface area contributed by atoms with Crippen LogP contribution < -0.4 is 0 Å². The monoisotopic (exact) mass is 174 g/mol. The van der Waals surface area contributed by atoms with Crippen LogP contribution in [-0.2, 0) is 4.79 Å². The Labute approximate surface area is 79.1 Å². The molecule has 1 atom stereocenters. The molecule has 1 unspecified atom stereocenters. The van der Waals surface area contributed by atoms with E-state index in [2.05, 4.69) is 19.1 Å². The molecule has 13 heavy (non-hydrogen) atoms. The first-order valence-electron chi connectivity index (χ1n) is 4.44. The normalized spacial score (nSPS) is 13.1. The molecule has 0 radical (unpaired) electrons. The molecule has 0 aromatic heterocycles. The van der Waals surface area contributed by atoms with E-state index in [1.165, 1.54) is 5.56 Å². The van der Waals surface area contributed by atoms with Gasteiger partial charge in [-0.1, -0.05) is 43.3 Å². The minimum Gasteiger partial charge on any atom is -0.295 e. The van der Waals surface area contributed by atoms with Crippen LogP contribution in [-0.4, -0.2) is 5.78 Å². The molecule has 0 saturated heterocycles. The fourth-order valence-electron chi connectivity index (χ4n) is 1.15. The predicted molar refractivity (Wildman–Crippen MR) is 54.7 cm³/mol. The molecule has 0 amide bonds. The van der Waals surface area contributed by atoms with Crippen LogP contribution in [0.3, 0.4) is 0 Å². The van der Waals surface area contributed by atoms with E-state index in [1.807, 2.05) is 24.3 Å². The fourth-order valence-corrected chi connectivity index (χ4v) is 1.15. The van der Waals surface area contributed by atoms with E-state index in [0.717, 1.165) is 0 Å². The Hall–Kier alpha value is -1.37. The van der Waals surface area contributed by atoms with Crippen molar-refractivity contribution in [2.75, 3.05) is 0 Å². The van der Waals surface area contributed by atoms with Gasteiger partial charge in [0.05, 0.1) is 0 Å². The Morgan fingerprint density at radius 2 is 1.92 bits per heavy atom. The van der Waals surface area contributed by atoms with Crippen molar-refractivity contribution in [2.45, 2.75) is 19.8 Å². The topological polar surface area (TPSA) is 17.1 Å².